The fourth-order valence-corrected chi connectivity index (χ4v) is 3.24. The van der Waals surface area contributed by atoms with Gasteiger partial charge in [-0.25, -0.2) is 4.42 Å². The molecule has 25 heavy (non-hydrogen) atoms. The van der Waals surface area contributed by atoms with Gasteiger partial charge >= 0.3 is 0 Å². The second-order valence-corrected chi connectivity index (χ2v) is 6.93. The molecule has 1 amide bonds. The van der Waals surface area contributed by atoms with Gasteiger partial charge in [0.05, 0.1) is 16.3 Å². The van der Waals surface area contributed by atoms with Crippen molar-refractivity contribution in [1.82, 2.24) is 4.90 Å². The molecule has 3 rings (SSSR count). The van der Waals surface area contributed by atoms with E-state index >= 15 is 0 Å². The lowest BCUT2D eigenvalue weighted by Gasteiger charge is -2.29. The zero-order chi connectivity index (χ0) is 17.8. The van der Waals surface area contributed by atoms with Gasteiger partial charge in [-0.2, -0.15) is 0 Å². The molecule has 2 aromatic rings. The van der Waals surface area contributed by atoms with E-state index in [0.29, 0.717) is 22.0 Å². The number of benzene rings is 2. The average molecular weight is 379 g/mol. The number of piperidine rings is 1. The van der Waals surface area contributed by atoms with Crippen molar-refractivity contribution >= 4 is 35.0 Å². The summed E-state index contributed by atoms with van der Waals surface area (Å²) >= 11 is 12.3. The van der Waals surface area contributed by atoms with E-state index in [9.17, 15) is 4.79 Å². The number of amides is 1. The van der Waals surface area contributed by atoms with Crippen LogP contribution in [0.15, 0.2) is 48.5 Å². The third-order valence-corrected chi connectivity index (χ3v) is 4.97. The standard InChI is InChI=1S/C19H20Cl2N2O2/c1-22-11-9-15(10-12-22)25-16-6-4-5-14(13-16)23(21)19(24)17-7-2-3-8-18(17)20/h2-8,13,15H,9-12H2,1H3. The summed E-state index contributed by atoms with van der Waals surface area (Å²) in [5.74, 6) is 0.341. The van der Waals surface area contributed by atoms with Crippen LogP contribution in [0.4, 0.5) is 5.69 Å². The van der Waals surface area contributed by atoms with Gasteiger partial charge in [-0.3, -0.25) is 4.79 Å². The lowest BCUT2D eigenvalue weighted by Crippen LogP contribution is -2.35. The molecule has 0 aliphatic carbocycles. The highest BCUT2D eigenvalue weighted by molar-refractivity contribution is 6.42. The second-order valence-electron chi connectivity index (χ2n) is 6.18. The van der Waals surface area contributed by atoms with Crippen LogP contribution >= 0.6 is 23.4 Å². The van der Waals surface area contributed by atoms with E-state index in [-0.39, 0.29) is 12.0 Å². The number of carbonyl (C=O) groups excluding carboxylic acids is 1. The Morgan fingerprint density at radius 2 is 1.88 bits per heavy atom. The van der Waals surface area contributed by atoms with Crippen molar-refractivity contribution in [2.24, 2.45) is 0 Å². The van der Waals surface area contributed by atoms with Crippen molar-refractivity contribution in [3.05, 3.63) is 59.1 Å². The molecule has 132 valence electrons. The summed E-state index contributed by atoms with van der Waals surface area (Å²) in [7, 11) is 2.11. The molecule has 0 bridgehead atoms. The minimum absolute atomic E-state index is 0.189. The Hall–Kier alpha value is -1.75. The van der Waals surface area contributed by atoms with Gasteiger partial charge in [-0.15, -0.1) is 0 Å². The van der Waals surface area contributed by atoms with Gasteiger partial charge in [0.1, 0.15) is 11.9 Å². The van der Waals surface area contributed by atoms with Crippen molar-refractivity contribution in [3.63, 3.8) is 0 Å². The number of likely N-dealkylation sites (tertiary alicyclic amines) is 1. The van der Waals surface area contributed by atoms with Gasteiger partial charge in [-0.05, 0) is 44.2 Å². The Morgan fingerprint density at radius 1 is 1.16 bits per heavy atom. The zero-order valence-electron chi connectivity index (χ0n) is 14.0. The molecule has 0 saturated carbocycles. The average Bonchev–Trinajstić information content (AvgIpc) is 2.63. The lowest BCUT2D eigenvalue weighted by molar-refractivity contribution is 0.101. The highest BCUT2D eigenvalue weighted by Crippen LogP contribution is 2.28. The molecule has 0 unspecified atom stereocenters. The van der Waals surface area contributed by atoms with Crippen molar-refractivity contribution in [2.75, 3.05) is 24.6 Å². The van der Waals surface area contributed by atoms with Crippen LogP contribution in [0.3, 0.4) is 0 Å². The molecule has 1 aliphatic rings. The molecule has 1 fully saturated rings. The van der Waals surface area contributed by atoms with Crippen LogP contribution in [0, 0.1) is 0 Å². The summed E-state index contributed by atoms with van der Waals surface area (Å²) in [4.78, 5) is 14.9. The molecule has 0 N–H and O–H groups in total. The predicted molar refractivity (Wildman–Crippen MR) is 102 cm³/mol. The Labute approximate surface area is 158 Å². The molecule has 1 heterocycles. The molecule has 0 radical (unpaired) electrons. The number of anilines is 1. The number of carbonyl (C=O) groups is 1. The first-order valence-corrected chi connectivity index (χ1v) is 8.96. The maximum atomic E-state index is 12.6. The topological polar surface area (TPSA) is 32.8 Å². The van der Waals surface area contributed by atoms with E-state index in [0.717, 1.165) is 30.4 Å². The fourth-order valence-electron chi connectivity index (χ4n) is 2.83. The van der Waals surface area contributed by atoms with Gasteiger partial charge in [0.15, 0.2) is 0 Å². The van der Waals surface area contributed by atoms with E-state index in [2.05, 4.69) is 11.9 Å². The zero-order valence-corrected chi connectivity index (χ0v) is 15.5. The van der Waals surface area contributed by atoms with Crippen LogP contribution < -0.4 is 9.16 Å². The van der Waals surface area contributed by atoms with Gasteiger partial charge in [-0.1, -0.05) is 29.8 Å². The van der Waals surface area contributed by atoms with Crippen LogP contribution in [0.1, 0.15) is 23.2 Å². The molecular weight excluding hydrogens is 359 g/mol. The van der Waals surface area contributed by atoms with E-state index in [1.807, 2.05) is 12.1 Å². The minimum Gasteiger partial charge on any atom is -0.490 e. The van der Waals surface area contributed by atoms with Gasteiger partial charge in [0, 0.05) is 30.9 Å². The van der Waals surface area contributed by atoms with E-state index < -0.39 is 0 Å². The van der Waals surface area contributed by atoms with Gasteiger partial charge in [0.25, 0.3) is 5.91 Å². The van der Waals surface area contributed by atoms with Crippen molar-refractivity contribution in [1.29, 1.82) is 0 Å². The van der Waals surface area contributed by atoms with E-state index in [1.54, 1.807) is 36.4 Å². The van der Waals surface area contributed by atoms with Crippen molar-refractivity contribution in [3.8, 4) is 5.75 Å². The molecule has 6 heteroatoms. The highest BCUT2D eigenvalue weighted by Gasteiger charge is 2.21. The first kappa shape index (κ1) is 18.1. The highest BCUT2D eigenvalue weighted by atomic mass is 35.5. The fraction of sp³-hybridized carbons (Fsp3) is 0.316. The van der Waals surface area contributed by atoms with Crippen molar-refractivity contribution < 1.29 is 9.53 Å². The van der Waals surface area contributed by atoms with Gasteiger partial charge in [0.2, 0.25) is 0 Å². The first-order valence-electron chi connectivity index (χ1n) is 8.24. The molecule has 0 atom stereocenters. The quantitative estimate of drug-likeness (QED) is 0.727. The second kappa shape index (κ2) is 8.09. The number of nitrogens with zero attached hydrogens (tertiary/aromatic N) is 2. The third-order valence-electron chi connectivity index (χ3n) is 4.30. The largest absolute Gasteiger partial charge is 0.490 e. The van der Waals surface area contributed by atoms with Gasteiger partial charge < -0.3 is 9.64 Å². The minimum atomic E-state index is -0.372. The maximum Gasteiger partial charge on any atom is 0.274 e. The number of hydrogen-bond acceptors (Lipinski definition) is 3. The maximum absolute atomic E-state index is 12.6. The predicted octanol–water partition coefficient (Wildman–Crippen LogP) is 4.61. The van der Waals surface area contributed by atoms with Crippen LogP contribution in [0.5, 0.6) is 5.75 Å². The summed E-state index contributed by atoms with van der Waals surface area (Å²) in [5.41, 5.74) is 0.915. The van der Waals surface area contributed by atoms with E-state index in [4.69, 9.17) is 28.1 Å². The molecule has 1 saturated heterocycles. The molecule has 0 aromatic heterocycles. The monoisotopic (exact) mass is 378 g/mol. The smallest absolute Gasteiger partial charge is 0.274 e. The first-order chi connectivity index (χ1) is 12.0. The van der Waals surface area contributed by atoms with Crippen LogP contribution in [0.2, 0.25) is 5.02 Å². The van der Waals surface area contributed by atoms with Crippen LogP contribution in [-0.4, -0.2) is 37.0 Å². The molecule has 4 nitrogen and oxygen atoms in total. The van der Waals surface area contributed by atoms with E-state index in [1.165, 1.54) is 0 Å². The molecule has 2 aromatic carbocycles. The number of hydrogen-bond donors (Lipinski definition) is 0. The Bertz CT molecular complexity index is 746. The Morgan fingerprint density at radius 3 is 2.60 bits per heavy atom. The molecular formula is C19H20Cl2N2O2. The third kappa shape index (κ3) is 4.46. The normalized spacial score (nSPS) is 15.8. The summed E-state index contributed by atoms with van der Waals surface area (Å²) < 4.78 is 7.13. The van der Waals surface area contributed by atoms with Crippen molar-refractivity contribution in [2.45, 2.75) is 18.9 Å². The van der Waals surface area contributed by atoms with Crippen LogP contribution in [-0.2, 0) is 0 Å². The summed E-state index contributed by atoms with van der Waals surface area (Å²) in [6.45, 7) is 2.05. The number of rotatable bonds is 4. The summed E-state index contributed by atoms with van der Waals surface area (Å²) in [5, 5.41) is 0.372. The lowest BCUT2D eigenvalue weighted by atomic mass is 10.1. The number of halogens is 2. The molecule has 1 aliphatic heterocycles. The van der Waals surface area contributed by atoms with Crippen LogP contribution in [0.25, 0.3) is 0 Å². The number of ether oxygens (including phenoxy) is 1. The Balaban J connectivity index is 1.72. The SMILES string of the molecule is CN1CCC(Oc2cccc(N(Cl)C(=O)c3ccccc3Cl)c2)CC1. The Kier molecular flexibility index (Phi) is 5.84. The summed E-state index contributed by atoms with van der Waals surface area (Å²) in [6.07, 6.45) is 2.17. The molecule has 0 spiro atoms. The summed E-state index contributed by atoms with van der Waals surface area (Å²) in [6, 6.07) is 14.1.